The Morgan fingerprint density at radius 1 is 1.11 bits per heavy atom. The third kappa shape index (κ3) is 2.06. The Balaban J connectivity index is 1.52. The van der Waals surface area contributed by atoms with E-state index in [0.717, 1.165) is 25.0 Å². The van der Waals surface area contributed by atoms with Gasteiger partial charge < -0.3 is 9.84 Å². The number of ether oxygens (including phenoxy) is 1. The van der Waals surface area contributed by atoms with Crippen molar-refractivity contribution in [2.45, 2.75) is 58.0 Å². The van der Waals surface area contributed by atoms with Gasteiger partial charge in [-0.15, -0.1) is 0 Å². The fourth-order valence-corrected chi connectivity index (χ4v) is 7.38. The number of carbonyl (C=O) groups is 1. The molecule has 4 bridgehead atoms. The minimum absolute atomic E-state index is 0.0144. The molecule has 0 amide bonds. The zero-order valence-electron chi connectivity index (χ0n) is 17.4. The molecule has 3 heteroatoms. The minimum atomic E-state index is -1.19. The third-order valence-corrected chi connectivity index (χ3v) is 9.56. The summed E-state index contributed by atoms with van der Waals surface area (Å²) in [6.45, 7) is 6.69. The molecule has 0 aliphatic heterocycles. The lowest BCUT2D eigenvalue weighted by molar-refractivity contribution is -0.161. The van der Waals surface area contributed by atoms with Gasteiger partial charge >= 0.3 is 0 Å². The molecule has 3 fully saturated rings. The van der Waals surface area contributed by atoms with Crippen molar-refractivity contribution >= 4 is 5.78 Å². The molecule has 5 rings (SSSR count). The van der Waals surface area contributed by atoms with Gasteiger partial charge in [-0.05, 0) is 66.5 Å². The van der Waals surface area contributed by atoms with Crippen LogP contribution in [0.5, 0.6) is 5.75 Å². The molecule has 4 aliphatic rings. The Kier molecular flexibility index (Phi) is 3.76. The molecule has 28 heavy (non-hydrogen) atoms. The summed E-state index contributed by atoms with van der Waals surface area (Å²) in [4.78, 5) is 14.0. The Morgan fingerprint density at radius 3 is 2.36 bits per heavy atom. The summed E-state index contributed by atoms with van der Waals surface area (Å²) >= 11 is 0. The summed E-state index contributed by atoms with van der Waals surface area (Å²) < 4.78 is 5.31. The highest BCUT2D eigenvalue weighted by Crippen LogP contribution is 2.71. The lowest BCUT2D eigenvalue weighted by Crippen LogP contribution is -2.56. The van der Waals surface area contributed by atoms with E-state index in [9.17, 15) is 9.90 Å². The molecule has 1 N–H and O–H groups in total. The van der Waals surface area contributed by atoms with E-state index >= 15 is 0 Å². The maximum absolute atomic E-state index is 14.0. The van der Waals surface area contributed by atoms with E-state index in [1.54, 1.807) is 7.11 Å². The van der Waals surface area contributed by atoms with Gasteiger partial charge in [0.2, 0.25) is 0 Å². The first-order chi connectivity index (χ1) is 13.2. The van der Waals surface area contributed by atoms with Gasteiger partial charge in [0.05, 0.1) is 7.11 Å². The summed E-state index contributed by atoms with van der Waals surface area (Å²) in [7, 11) is 1.68. The number of aliphatic hydroxyl groups is 1. The standard InChI is InChI=1S/C25H32O3/c1-23(2)18-11-12-24(23,3)25(27,14-18)22(26)21-17-6-5-16(13-17)20(21)15-7-9-19(28-4)10-8-15/h5-10,16-18,20-21,27H,11-14H2,1-4H3/t16-,17+,18+,20-,21+,24+,25-/m0/s1. The number of methoxy groups -OCH3 is 1. The highest BCUT2D eigenvalue weighted by Gasteiger charge is 2.72. The SMILES string of the molecule is COc1ccc([C@@H]2[C@H](C(=O)[C@@]3(O)C[C@H]4CC[C@]3(C)C4(C)C)[C@@H]3C=C[C@H]2C3)cc1. The van der Waals surface area contributed by atoms with Gasteiger partial charge in [-0.3, -0.25) is 4.79 Å². The predicted molar refractivity (Wildman–Crippen MR) is 109 cm³/mol. The van der Waals surface area contributed by atoms with Gasteiger partial charge in [0.1, 0.15) is 11.4 Å². The molecular formula is C25H32O3. The molecule has 150 valence electrons. The van der Waals surface area contributed by atoms with Crippen molar-refractivity contribution in [2.24, 2.45) is 34.5 Å². The number of allylic oxidation sites excluding steroid dienone is 2. The second-order valence-electron chi connectivity index (χ2n) is 10.5. The Bertz CT molecular complexity index is 838. The summed E-state index contributed by atoms with van der Waals surface area (Å²) in [5.41, 5.74) is -0.294. The van der Waals surface area contributed by atoms with Crippen LogP contribution >= 0.6 is 0 Å². The molecule has 0 radical (unpaired) electrons. The topological polar surface area (TPSA) is 46.5 Å². The highest BCUT2D eigenvalue weighted by atomic mass is 16.5. The van der Waals surface area contributed by atoms with Crippen molar-refractivity contribution in [3.63, 3.8) is 0 Å². The van der Waals surface area contributed by atoms with E-state index in [1.165, 1.54) is 5.56 Å². The molecule has 3 saturated carbocycles. The zero-order chi connectivity index (χ0) is 19.9. The van der Waals surface area contributed by atoms with Gasteiger partial charge in [0.25, 0.3) is 0 Å². The number of hydrogen-bond acceptors (Lipinski definition) is 3. The Labute approximate surface area is 168 Å². The fraction of sp³-hybridized carbons (Fsp3) is 0.640. The largest absolute Gasteiger partial charge is 0.497 e. The maximum atomic E-state index is 14.0. The van der Waals surface area contributed by atoms with Gasteiger partial charge in [0.15, 0.2) is 5.78 Å². The van der Waals surface area contributed by atoms with Crippen LogP contribution in [0.25, 0.3) is 0 Å². The van der Waals surface area contributed by atoms with Crippen molar-refractivity contribution in [3.05, 3.63) is 42.0 Å². The number of benzene rings is 1. The van der Waals surface area contributed by atoms with E-state index in [1.807, 2.05) is 12.1 Å². The van der Waals surface area contributed by atoms with Crippen LogP contribution in [0, 0.1) is 34.5 Å². The van der Waals surface area contributed by atoms with Crippen molar-refractivity contribution < 1.29 is 14.6 Å². The summed E-state index contributed by atoms with van der Waals surface area (Å²) in [6.07, 6.45) is 8.29. The maximum Gasteiger partial charge on any atom is 0.169 e. The van der Waals surface area contributed by atoms with Crippen LogP contribution in [0.1, 0.15) is 57.9 Å². The number of Topliss-reactive ketones (excluding diaryl/α,β-unsaturated/α-hetero) is 1. The molecule has 1 aromatic rings. The second kappa shape index (κ2) is 5.72. The van der Waals surface area contributed by atoms with Gasteiger partial charge in [-0.25, -0.2) is 0 Å². The number of carbonyl (C=O) groups excluding carboxylic acids is 1. The highest BCUT2D eigenvalue weighted by molar-refractivity contribution is 5.93. The van der Waals surface area contributed by atoms with Crippen LogP contribution in [-0.2, 0) is 4.79 Å². The van der Waals surface area contributed by atoms with Crippen molar-refractivity contribution in [3.8, 4) is 5.75 Å². The van der Waals surface area contributed by atoms with Crippen molar-refractivity contribution in [1.82, 2.24) is 0 Å². The monoisotopic (exact) mass is 380 g/mol. The molecule has 4 aliphatic carbocycles. The quantitative estimate of drug-likeness (QED) is 0.767. The number of ketones is 1. The molecule has 3 nitrogen and oxygen atoms in total. The van der Waals surface area contributed by atoms with E-state index in [2.05, 4.69) is 45.1 Å². The lowest BCUT2D eigenvalue weighted by Gasteiger charge is -2.46. The van der Waals surface area contributed by atoms with Crippen molar-refractivity contribution in [1.29, 1.82) is 0 Å². The normalized spacial score (nSPS) is 45.0. The van der Waals surface area contributed by atoms with Gasteiger partial charge in [-0.1, -0.05) is 45.1 Å². The number of hydrogen-bond donors (Lipinski definition) is 1. The lowest BCUT2D eigenvalue weighted by atomic mass is 9.59. The minimum Gasteiger partial charge on any atom is -0.497 e. The molecular weight excluding hydrogens is 348 g/mol. The first kappa shape index (κ1) is 18.4. The van der Waals surface area contributed by atoms with Crippen LogP contribution in [0.3, 0.4) is 0 Å². The summed E-state index contributed by atoms with van der Waals surface area (Å²) in [6, 6.07) is 8.19. The first-order valence-corrected chi connectivity index (χ1v) is 10.8. The fourth-order valence-electron chi connectivity index (χ4n) is 7.38. The number of fused-ring (bicyclic) bond motifs is 4. The molecule has 7 atom stereocenters. The average Bonchev–Trinajstić information content (AvgIpc) is 3.39. The van der Waals surface area contributed by atoms with Crippen molar-refractivity contribution in [2.75, 3.05) is 7.11 Å². The van der Waals surface area contributed by atoms with E-state index in [-0.39, 0.29) is 34.4 Å². The third-order valence-electron chi connectivity index (χ3n) is 9.56. The van der Waals surface area contributed by atoms with Gasteiger partial charge in [0, 0.05) is 17.3 Å². The second-order valence-corrected chi connectivity index (χ2v) is 10.5. The first-order valence-electron chi connectivity index (χ1n) is 10.8. The van der Waals surface area contributed by atoms with E-state index in [0.29, 0.717) is 18.3 Å². The predicted octanol–water partition coefficient (Wildman–Crippen LogP) is 4.75. The van der Waals surface area contributed by atoms with Crippen LogP contribution < -0.4 is 4.74 Å². The van der Waals surface area contributed by atoms with E-state index in [4.69, 9.17) is 4.74 Å². The van der Waals surface area contributed by atoms with Crippen LogP contribution in [0.15, 0.2) is 36.4 Å². The Morgan fingerprint density at radius 2 is 1.79 bits per heavy atom. The summed E-state index contributed by atoms with van der Waals surface area (Å²) in [5, 5.41) is 11.9. The molecule has 0 spiro atoms. The smallest absolute Gasteiger partial charge is 0.169 e. The molecule has 0 heterocycles. The summed E-state index contributed by atoms with van der Waals surface area (Å²) in [5.74, 6) is 2.12. The number of rotatable bonds is 4. The van der Waals surface area contributed by atoms with Crippen LogP contribution in [0.2, 0.25) is 0 Å². The van der Waals surface area contributed by atoms with Crippen LogP contribution in [0.4, 0.5) is 0 Å². The molecule has 0 saturated heterocycles. The Hall–Kier alpha value is -1.61. The van der Waals surface area contributed by atoms with Crippen LogP contribution in [-0.4, -0.2) is 23.6 Å². The average molecular weight is 381 g/mol. The molecule has 0 unspecified atom stereocenters. The van der Waals surface area contributed by atoms with E-state index < -0.39 is 5.60 Å². The zero-order valence-corrected chi connectivity index (χ0v) is 17.4. The molecule has 1 aromatic carbocycles. The van der Waals surface area contributed by atoms with Gasteiger partial charge in [-0.2, -0.15) is 0 Å². The molecule has 0 aromatic heterocycles.